The molecular formula is C17H20BrNOS. The first-order chi connectivity index (χ1) is 10.2. The third-order valence-electron chi connectivity index (χ3n) is 3.06. The van der Waals surface area contributed by atoms with Crippen molar-refractivity contribution in [3.63, 3.8) is 0 Å². The molecule has 4 heteroatoms. The van der Waals surface area contributed by atoms with Crippen LogP contribution in [0.3, 0.4) is 0 Å². The fourth-order valence-corrected chi connectivity index (χ4v) is 2.76. The highest BCUT2D eigenvalue weighted by atomic mass is 79.9. The lowest BCUT2D eigenvalue weighted by Crippen LogP contribution is -2.04. The maximum absolute atomic E-state index is 5.80. The van der Waals surface area contributed by atoms with E-state index in [2.05, 4.69) is 64.8 Å². The number of anilines is 1. The second-order valence-corrected chi connectivity index (χ2v) is 6.48. The van der Waals surface area contributed by atoms with Crippen molar-refractivity contribution in [2.75, 3.05) is 18.2 Å². The van der Waals surface area contributed by atoms with Gasteiger partial charge in [-0.25, -0.2) is 0 Å². The summed E-state index contributed by atoms with van der Waals surface area (Å²) >= 11 is 5.27. The fourth-order valence-electron chi connectivity index (χ4n) is 1.95. The topological polar surface area (TPSA) is 21.3 Å². The summed E-state index contributed by atoms with van der Waals surface area (Å²) in [5.41, 5.74) is 2.28. The van der Waals surface area contributed by atoms with Gasteiger partial charge in [-0.15, -0.1) is 11.8 Å². The van der Waals surface area contributed by atoms with Crippen LogP contribution < -0.4 is 10.1 Å². The molecule has 0 bridgehead atoms. The molecule has 2 aromatic carbocycles. The quantitative estimate of drug-likeness (QED) is 0.647. The molecule has 0 aliphatic heterocycles. The first kappa shape index (κ1) is 16.2. The first-order valence-electron chi connectivity index (χ1n) is 7.02. The molecular weight excluding hydrogens is 346 g/mol. The SMILES string of the molecule is CCCOc1ccc(Br)cc1CNc1ccc(SC)cc1. The lowest BCUT2D eigenvalue weighted by molar-refractivity contribution is 0.314. The highest BCUT2D eigenvalue weighted by Crippen LogP contribution is 2.25. The van der Waals surface area contributed by atoms with Crippen LogP contribution in [0.25, 0.3) is 0 Å². The van der Waals surface area contributed by atoms with E-state index in [1.807, 2.05) is 12.1 Å². The molecule has 0 saturated carbocycles. The number of ether oxygens (including phenoxy) is 1. The largest absolute Gasteiger partial charge is 0.493 e. The number of benzene rings is 2. The summed E-state index contributed by atoms with van der Waals surface area (Å²) in [6.45, 7) is 3.61. The second kappa shape index (κ2) is 8.35. The Morgan fingerprint density at radius 2 is 1.90 bits per heavy atom. The van der Waals surface area contributed by atoms with E-state index in [4.69, 9.17) is 4.74 Å². The number of thioether (sulfide) groups is 1. The molecule has 0 amide bonds. The molecule has 0 fully saturated rings. The van der Waals surface area contributed by atoms with Crippen LogP contribution in [-0.2, 0) is 6.54 Å². The number of hydrogen-bond donors (Lipinski definition) is 1. The third kappa shape index (κ3) is 4.97. The minimum Gasteiger partial charge on any atom is -0.493 e. The van der Waals surface area contributed by atoms with Crippen molar-refractivity contribution in [2.24, 2.45) is 0 Å². The van der Waals surface area contributed by atoms with Crippen LogP contribution in [0.2, 0.25) is 0 Å². The standard InChI is InChI=1S/C17H20BrNOS/c1-3-10-20-17-9-4-14(18)11-13(17)12-19-15-5-7-16(21-2)8-6-15/h4-9,11,19H,3,10,12H2,1-2H3. The normalized spacial score (nSPS) is 10.4. The summed E-state index contributed by atoms with van der Waals surface area (Å²) in [7, 11) is 0. The molecule has 0 heterocycles. The molecule has 1 N–H and O–H groups in total. The second-order valence-electron chi connectivity index (χ2n) is 4.68. The summed E-state index contributed by atoms with van der Waals surface area (Å²) in [5, 5.41) is 3.45. The van der Waals surface area contributed by atoms with Gasteiger partial charge in [0.05, 0.1) is 6.61 Å². The van der Waals surface area contributed by atoms with Gasteiger partial charge in [0.25, 0.3) is 0 Å². The maximum Gasteiger partial charge on any atom is 0.124 e. The average molecular weight is 366 g/mol. The molecule has 2 nitrogen and oxygen atoms in total. The zero-order chi connectivity index (χ0) is 15.1. The van der Waals surface area contributed by atoms with Gasteiger partial charge in [-0.05, 0) is 55.1 Å². The van der Waals surface area contributed by atoms with Crippen LogP contribution >= 0.6 is 27.7 Å². The average Bonchev–Trinajstić information content (AvgIpc) is 2.52. The van der Waals surface area contributed by atoms with Gasteiger partial charge in [0, 0.05) is 27.2 Å². The zero-order valence-corrected chi connectivity index (χ0v) is 14.8. The Labute approximate surface area is 139 Å². The van der Waals surface area contributed by atoms with Crippen LogP contribution in [0.15, 0.2) is 51.8 Å². The lowest BCUT2D eigenvalue weighted by atomic mass is 10.2. The van der Waals surface area contributed by atoms with Crippen LogP contribution in [0.4, 0.5) is 5.69 Å². The highest BCUT2D eigenvalue weighted by Gasteiger charge is 2.05. The molecule has 21 heavy (non-hydrogen) atoms. The Kier molecular flexibility index (Phi) is 6.46. The van der Waals surface area contributed by atoms with Crippen molar-refractivity contribution in [3.8, 4) is 5.75 Å². The van der Waals surface area contributed by atoms with Gasteiger partial charge in [-0.2, -0.15) is 0 Å². The van der Waals surface area contributed by atoms with E-state index < -0.39 is 0 Å². The molecule has 2 aromatic rings. The van der Waals surface area contributed by atoms with Crippen LogP contribution in [-0.4, -0.2) is 12.9 Å². The number of halogens is 1. The Balaban J connectivity index is 2.05. The lowest BCUT2D eigenvalue weighted by Gasteiger charge is -2.13. The van der Waals surface area contributed by atoms with E-state index in [0.29, 0.717) is 0 Å². The summed E-state index contributed by atoms with van der Waals surface area (Å²) in [6.07, 6.45) is 3.10. The van der Waals surface area contributed by atoms with Crippen molar-refractivity contribution >= 4 is 33.4 Å². The summed E-state index contributed by atoms with van der Waals surface area (Å²) < 4.78 is 6.87. The summed E-state index contributed by atoms with van der Waals surface area (Å²) in [5.74, 6) is 0.952. The predicted molar refractivity (Wildman–Crippen MR) is 95.5 cm³/mol. The van der Waals surface area contributed by atoms with E-state index in [9.17, 15) is 0 Å². The molecule has 0 aliphatic rings. The van der Waals surface area contributed by atoms with Crippen molar-refractivity contribution in [1.82, 2.24) is 0 Å². The summed E-state index contributed by atoms with van der Waals surface area (Å²) in [4.78, 5) is 1.27. The van der Waals surface area contributed by atoms with E-state index >= 15 is 0 Å². The van der Waals surface area contributed by atoms with E-state index in [1.54, 1.807) is 11.8 Å². The Morgan fingerprint density at radius 1 is 1.14 bits per heavy atom. The van der Waals surface area contributed by atoms with Crippen molar-refractivity contribution in [1.29, 1.82) is 0 Å². The minimum absolute atomic E-state index is 0.747. The van der Waals surface area contributed by atoms with Gasteiger partial charge in [-0.1, -0.05) is 22.9 Å². The van der Waals surface area contributed by atoms with E-state index in [0.717, 1.165) is 41.0 Å². The van der Waals surface area contributed by atoms with Gasteiger partial charge in [0.1, 0.15) is 5.75 Å². The molecule has 0 spiro atoms. The molecule has 0 aliphatic carbocycles. The smallest absolute Gasteiger partial charge is 0.124 e. The Morgan fingerprint density at radius 3 is 2.57 bits per heavy atom. The number of rotatable bonds is 7. The maximum atomic E-state index is 5.80. The van der Waals surface area contributed by atoms with Crippen LogP contribution in [0.5, 0.6) is 5.75 Å². The molecule has 112 valence electrons. The zero-order valence-electron chi connectivity index (χ0n) is 12.4. The Hall–Kier alpha value is -1.13. The molecule has 0 saturated heterocycles. The molecule has 0 unspecified atom stereocenters. The molecule has 0 atom stereocenters. The highest BCUT2D eigenvalue weighted by molar-refractivity contribution is 9.10. The van der Waals surface area contributed by atoms with Crippen LogP contribution in [0, 0.1) is 0 Å². The third-order valence-corrected chi connectivity index (χ3v) is 4.29. The minimum atomic E-state index is 0.747. The van der Waals surface area contributed by atoms with Crippen molar-refractivity contribution < 1.29 is 4.74 Å². The van der Waals surface area contributed by atoms with Gasteiger partial charge < -0.3 is 10.1 Å². The first-order valence-corrected chi connectivity index (χ1v) is 9.04. The predicted octanol–water partition coefficient (Wildman–Crippen LogP) is 5.57. The van der Waals surface area contributed by atoms with Crippen LogP contribution in [0.1, 0.15) is 18.9 Å². The monoisotopic (exact) mass is 365 g/mol. The van der Waals surface area contributed by atoms with E-state index in [-0.39, 0.29) is 0 Å². The Bertz CT molecular complexity index is 572. The number of nitrogens with one attached hydrogen (secondary N) is 1. The van der Waals surface area contributed by atoms with Gasteiger partial charge in [-0.3, -0.25) is 0 Å². The van der Waals surface area contributed by atoms with Gasteiger partial charge >= 0.3 is 0 Å². The number of hydrogen-bond acceptors (Lipinski definition) is 3. The fraction of sp³-hybridized carbons (Fsp3) is 0.294. The molecule has 0 radical (unpaired) electrons. The van der Waals surface area contributed by atoms with Gasteiger partial charge in [0.15, 0.2) is 0 Å². The molecule has 2 rings (SSSR count). The van der Waals surface area contributed by atoms with E-state index in [1.165, 1.54) is 4.90 Å². The molecule has 0 aromatic heterocycles. The van der Waals surface area contributed by atoms with Gasteiger partial charge in [0.2, 0.25) is 0 Å². The van der Waals surface area contributed by atoms with Crippen molar-refractivity contribution in [3.05, 3.63) is 52.5 Å². The summed E-state index contributed by atoms with van der Waals surface area (Å²) in [6, 6.07) is 14.6. The van der Waals surface area contributed by atoms with Crippen molar-refractivity contribution in [2.45, 2.75) is 24.8 Å².